The smallest absolute Gasteiger partial charge is 0.218 e. The molecule has 19 heavy (non-hydrogen) atoms. The van der Waals surface area contributed by atoms with Crippen molar-refractivity contribution in [3.8, 4) is 5.88 Å². The van der Waals surface area contributed by atoms with Crippen molar-refractivity contribution in [2.75, 3.05) is 0 Å². The fourth-order valence-corrected chi connectivity index (χ4v) is 1.92. The SMILES string of the molecule is CC(C)CC(C)Oc1ncc(F)cc1CNC(C)C. The lowest BCUT2D eigenvalue weighted by molar-refractivity contribution is 0.183. The van der Waals surface area contributed by atoms with Crippen LogP contribution in [0.4, 0.5) is 4.39 Å². The molecule has 0 aliphatic carbocycles. The van der Waals surface area contributed by atoms with Crippen LogP contribution in [0, 0.1) is 11.7 Å². The van der Waals surface area contributed by atoms with Gasteiger partial charge in [-0.25, -0.2) is 9.37 Å². The van der Waals surface area contributed by atoms with E-state index in [4.69, 9.17) is 4.74 Å². The molecule has 0 bridgehead atoms. The molecule has 1 rings (SSSR count). The summed E-state index contributed by atoms with van der Waals surface area (Å²) >= 11 is 0. The van der Waals surface area contributed by atoms with Crippen LogP contribution in [-0.4, -0.2) is 17.1 Å². The normalized spacial score (nSPS) is 13.1. The van der Waals surface area contributed by atoms with Gasteiger partial charge < -0.3 is 10.1 Å². The van der Waals surface area contributed by atoms with Gasteiger partial charge in [0.15, 0.2) is 0 Å². The van der Waals surface area contributed by atoms with Gasteiger partial charge in [0, 0.05) is 18.2 Å². The molecule has 0 aliphatic heterocycles. The van der Waals surface area contributed by atoms with E-state index in [0.717, 1.165) is 12.0 Å². The first-order valence-electron chi connectivity index (χ1n) is 6.93. The van der Waals surface area contributed by atoms with Crippen LogP contribution < -0.4 is 10.1 Å². The minimum atomic E-state index is -0.329. The largest absolute Gasteiger partial charge is 0.474 e. The Labute approximate surface area is 115 Å². The Balaban J connectivity index is 2.75. The summed E-state index contributed by atoms with van der Waals surface area (Å²) in [5.41, 5.74) is 0.768. The van der Waals surface area contributed by atoms with E-state index in [0.29, 0.717) is 24.4 Å². The van der Waals surface area contributed by atoms with Crippen molar-refractivity contribution in [3.05, 3.63) is 23.6 Å². The number of rotatable bonds is 7. The molecule has 1 heterocycles. The summed E-state index contributed by atoms with van der Waals surface area (Å²) in [5.74, 6) is 0.764. The van der Waals surface area contributed by atoms with Gasteiger partial charge in [0.05, 0.1) is 12.3 Å². The molecule has 0 aromatic carbocycles. The van der Waals surface area contributed by atoms with Crippen LogP contribution in [0.25, 0.3) is 0 Å². The molecule has 0 saturated carbocycles. The van der Waals surface area contributed by atoms with Gasteiger partial charge in [0.25, 0.3) is 0 Å². The average molecular weight is 268 g/mol. The highest BCUT2D eigenvalue weighted by atomic mass is 19.1. The lowest BCUT2D eigenvalue weighted by Crippen LogP contribution is -2.23. The van der Waals surface area contributed by atoms with Crippen molar-refractivity contribution >= 4 is 0 Å². The molecule has 0 fully saturated rings. The van der Waals surface area contributed by atoms with Crippen LogP contribution in [-0.2, 0) is 6.54 Å². The zero-order chi connectivity index (χ0) is 14.4. The van der Waals surface area contributed by atoms with Gasteiger partial charge in [0.1, 0.15) is 5.82 Å². The fourth-order valence-electron chi connectivity index (χ4n) is 1.92. The highest BCUT2D eigenvalue weighted by Gasteiger charge is 2.12. The summed E-state index contributed by atoms with van der Waals surface area (Å²) in [6, 6.07) is 1.82. The monoisotopic (exact) mass is 268 g/mol. The topological polar surface area (TPSA) is 34.1 Å². The third-order valence-corrected chi connectivity index (χ3v) is 2.71. The maximum Gasteiger partial charge on any atom is 0.218 e. The number of hydrogen-bond donors (Lipinski definition) is 1. The molecule has 1 aromatic heterocycles. The zero-order valence-electron chi connectivity index (χ0n) is 12.5. The van der Waals surface area contributed by atoms with Crippen LogP contribution in [0.5, 0.6) is 5.88 Å². The lowest BCUT2D eigenvalue weighted by atomic mass is 10.1. The maximum atomic E-state index is 13.3. The van der Waals surface area contributed by atoms with Crippen LogP contribution >= 0.6 is 0 Å². The summed E-state index contributed by atoms with van der Waals surface area (Å²) in [6.45, 7) is 11.0. The first kappa shape index (κ1) is 15.9. The van der Waals surface area contributed by atoms with E-state index in [9.17, 15) is 4.39 Å². The molecule has 4 heteroatoms. The second kappa shape index (κ2) is 7.43. The van der Waals surface area contributed by atoms with Crippen molar-refractivity contribution in [3.63, 3.8) is 0 Å². The Morgan fingerprint density at radius 2 is 1.95 bits per heavy atom. The molecule has 0 radical (unpaired) electrons. The third-order valence-electron chi connectivity index (χ3n) is 2.71. The van der Waals surface area contributed by atoms with Crippen molar-refractivity contribution in [2.45, 2.75) is 59.7 Å². The fraction of sp³-hybridized carbons (Fsp3) is 0.667. The van der Waals surface area contributed by atoms with Gasteiger partial charge in [-0.1, -0.05) is 27.7 Å². The molecule has 1 unspecified atom stereocenters. The van der Waals surface area contributed by atoms with Gasteiger partial charge in [-0.15, -0.1) is 0 Å². The summed E-state index contributed by atoms with van der Waals surface area (Å²) in [7, 11) is 0. The molecule has 0 amide bonds. The van der Waals surface area contributed by atoms with Crippen LogP contribution in [0.3, 0.4) is 0 Å². The van der Waals surface area contributed by atoms with Crippen molar-refractivity contribution in [1.82, 2.24) is 10.3 Å². The van der Waals surface area contributed by atoms with E-state index in [1.807, 2.05) is 6.92 Å². The Bertz CT molecular complexity index is 394. The highest BCUT2D eigenvalue weighted by molar-refractivity contribution is 5.26. The van der Waals surface area contributed by atoms with Gasteiger partial charge in [0.2, 0.25) is 5.88 Å². The lowest BCUT2D eigenvalue weighted by Gasteiger charge is -2.18. The van der Waals surface area contributed by atoms with Crippen molar-refractivity contribution < 1.29 is 9.13 Å². The molecular formula is C15H25FN2O. The molecule has 0 spiro atoms. The molecule has 108 valence electrons. The van der Waals surface area contributed by atoms with E-state index in [-0.39, 0.29) is 11.9 Å². The van der Waals surface area contributed by atoms with Gasteiger partial charge in [-0.3, -0.25) is 0 Å². The van der Waals surface area contributed by atoms with Gasteiger partial charge in [-0.05, 0) is 25.3 Å². The Kier molecular flexibility index (Phi) is 6.22. The number of nitrogens with one attached hydrogen (secondary N) is 1. The van der Waals surface area contributed by atoms with Crippen molar-refractivity contribution in [2.24, 2.45) is 5.92 Å². The third kappa shape index (κ3) is 6.01. The zero-order valence-corrected chi connectivity index (χ0v) is 12.5. The van der Waals surface area contributed by atoms with Gasteiger partial charge in [-0.2, -0.15) is 0 Å². The highest BCUT2D eigenvalue weighted by Crippen LogP contribution is 2.19. The standard InChI is InChI=1S/C15H25FN2O/c1-10(2)6-12(5)19-15-13(8-17-11(3)4)7-14(16)9-18-15/h7,9-12,17H,6,8H2,1-5H3. The van der Waals surface area contributed by atoms with Crippen molar-refractivity contribution in [1.29, 1.82) is 0 Å². The molecule has 0 saturated heterocycles. The van der Waals surface area contributed by atoms with E-state index >= 15 is 0 Å². The number of pyridine rings is 1. The molecule has 3 nitrogen and oxygen atoms in total. The number of aromatic nitrogens is 1. The molecule has 1 N–H and O–H groups in total. The number of halogens is 1. The Morgan fingerprint density at radius 3 is 2.53 bits per heavy atom. The number of ether oxygens (including phenoxy) is 1. The number of hydrogen-bond acceptors (Lipinski definition) is 3. The molecule has 1 atom stereocenters. The van der Waals surface area contributed by atoms with E-state index in [1.165, 1.54) is 12.3 Å². The number of nitrogens with zero attached hydrogens (tertiary/aromatic N) is 1. The summed E-state index contributed by atoms with van der Waals surface area (Å²) in [4.78, 5) is 4.07. The molecule has 0 aliphatic rings. The minimum Gasteiger partial charge on any atom is -0.474 e. The predicted octanol–water partition coefficient (Wildman–Crippen LogP) is 3.53. The van der Waals surface area contributed by atoms with Crippen LogP contribution in [0.2, 0.25) is 0 Å². The second-order valence-electron chi connectivity index (χ2n) is 5.71. The molecular weight excluding hydrogens is 243 g/mol. The Morgan fingerprint density at radius 1 is 1.26 bits per heavy atom. The minimum absolute atomic E-state index is 0.0794. The maximum absolute atomic E-state index is 13.3. The Hall–Kier alpha value is -1.16. The van der Waals surface area contributed by atoms with Crippen LogP contribution in [0.1, 0.15) is 46.6 Å². The van der Waals surface area contributed by atoms with E-state index in [2.05, 4.69) is 38.0 Å². The van der Waals surface area contributed by atoms with E-state index < -0.39 is 0 Å². The average Bonchev–Trinajstić information content (AvgIpc) is 2.28. The first-order chi connectivity index (χ1) is 8.88. The quantitative estimate of drug-likeness (QED) is 0.821. The summed E-state index contributed by atoms with van der Waals surface area (Å²) in [6.07, 6.45) is 2.24. The van der Waals surface area contributed by atoms with Gasteiger partial charge >= 0.3 is 0 Å². The molecule has 1 aromatic rings. The second-order valence-corrected chi connectivity index (χ2v) is 5.71. The van der Waals surface area contributed by atoms with E-state index in [1.54, 1.807) is 0 Å². The summed E-state index contributed by atoms with van der Waals surface area (Å²) < 4.78 is 19.1. The predicted molar refractivity (Wildman–Crippen MR) is 75.7 cm³/mol. The summed E-state index contributed by atoms with van der Waals surface area (Å²) in [5, 5.41) is 3.26. The first-order valence-corrected chi connectivity index (χ1v) is 6.93. The van der Waals surface area contributed by atoms with Crippen LogP contribution in [0.15, 0.2) is 12.3 Å².